The van der Waals surface area contributed by atoms with Crippen LogP contribution in [0.15, 0.2) is 97.1 Å². The van der Waals surface area contributed by atoms with Crippen LogP contribution in [0.2, 0.25) is 0 Å². The fourth-order valence-corrected chi connectivity index (χ4v) is 5.97. The standard InChI is InChI=1S/C33H28N2O5/c36-30(34-29-15-7-11-22-10-4-5-14-26(22)29)20-40-33(39)24-12-6-13-25(18-24)35-31(37)27-17-16-23(19-28(27)32(35)38)21-8-2-1-3-9-21/h1-15,18,23,27-28H,16-17,19-20H2,(H,34,36)/t23-,27+,28+/m0/s1. The smallest absolute Gasteiger partial charge is 0.338 e. The molecule has 0 aromatic heterocycles. The lowest BCUT2D eigenvalue weighted by Gasteiger charge is -2.28. The van der Waals surface area contributed by atoms with Crippen LogP contribution in [0.25, 0.3) is 10.8 Å². The predicted octanol–water partition coefficient (Wildman–Crippen LogP) is 5.71. The van der Waals surface area contributed by atoms with E-state index >= 15 is 0 Å². The van der Waals surface area contributed by atoms with Gasteiger partial charge in [0.25, 0.3) is 5.91 Å². The van der Waals surface area contributed by atoms with Crippen molar-refractivity contribution < 1.29 is 23.9 Å². The Morgan fingerprint density at radius 1 is 0.800 bits per heavy atom. The zero-order valence-electron chi connectivity index (χ0n) is 21.8. The highest BCUT2D eigenvalue weighted by molar-refractivity contribution is 6.22. The van der Waals surface area contributed by atoms with E-state index in [0.717, 1.165) is 17.2 Å². The zero-order valence-corrected chi connectivity index (χ0v) is 21.8. The van der Waals surface area contributed by atoms with E-state index in [1.165, 1.54) is 22.6 Å². The van der Waals surface area contributed by atoms with E-state index in [-0.39, 0.29) is 35.1 Å². The number of nitrogens with zero attached hydrogens (tertiary/aromatic N) is 1. The Bertz CT molecular complexity index is 1610. The summed E-state index contributed by atoms with van der Waals surface area (Å²) in [5.41, 5.74) is 2.32. The molecule has 0 spiro atoms. The van der Waals surface area contributed by atoms with Crippen molar-refractivity contribution in [2.75, 3.05) is 16.8 Å². The van der Waals surface area contributed by atoms with Crippen LogP contribution in [-0.2, 0) is 19.1 Å². The maximum atomic E-state index is 13.4. The van der Waals surface area contributed by atoms with Gasteiger partial charge in [0.15, 0.2) is 6.61 Å². The molecule has 2 aliphatic rings. The average molecular weight is 533 g/mol. The van der Waals surface area contributed by atoms with Crippen LogP contribution in [0.5, 0.6) is 0 Å². The molecular formula is C33H28N2O5. The molecule has 4 aromatic rings. The Morgan fingerprint density at radius 3 is 2.38 bits per heavy atom. The van der Waals surface area contributed by atoms with E-state index in [2.05, 4.69) is 17.4 Å². The number of hydrogen-bond donors (Lipinski definition) is 1. The average Bonchev–Trinajstić information content (AvgIpc) is 3.25. The van der Waals surface area contributed by atoms with Crippen molar-refractivity contribution in [3.63, 3.8) is 0 Å². The highest BCUT2D eigenvalue weighted by Crippen LogP contribution is 2.45. The van der Waals surface area contributed by atoms with Gasteiger partial charge < -0.3 is 10.1 Å². The first kappa shape index (κ1) is 25.5. The Hall–Kier alpha value is -4.78. The number of benzene rings is 4. The van der Waals surface area contributed by atoms with E-state index in [4.69, 9.17) is 4.74 Å². The Morgan fingerprint density at radius 2 is 1.52 bits per heavy atom. The fraction of sp³-hybridized carbons (Fsp3) is 0.212. The first-order chi connectivity index (χ1) is 19.5. The van der Waals surface area contributed by atoms with E-state index in [1.54, 1.807) is 18.2 Å². The molecule has 1 aliphatic carbocycles. The van der Waals surface area contributed by atoms with Crippen molar-refractivity contribution in [2.45, 2.75) is 25.2 Å². The van der Waals surface area contributed by atoms with Gasteiger partial charge in [-0.3, -0.25) is 19.3 Å². The lowest BCUT2D eigenvalue weighted by Crippen LogP contribution is -2.31. The number of nitrogens with one attached hydrogen (secondary N) is 1. The lowest BCUT2D eigenvalue weighted by atomic mass is 9.73. The summed E-state index contributed by atoms with van der Waals surface area (Å²) in [6.45, 7) is -0.473. The van der Waals surface area contributed by atoms with Gasteiger partial charge in [-0.25, -0.2) is 4.79 Å². The highest BCUT2D eigenvalue weighted by atomic mass is 16.5. The van der Waals surface area contributed by atoms with Gasteiger partial charge in [-0.2, -0.15) is 0 Å². The number of carbonyl (C=O) groups excluding carboxylic acids is 4. The van der Waals surface area contributed by atoms with Gasteiger partial charge in [0.1, 0.15) is 0 Å². The first-order valence-corrected chi connectivity index (χ1v) is 13.5. The summed E-state index contributed by atoms with van der Waals surface area (Å²) in [6.07, 6.45) is 2.13. The Kier molecular flexibility index (Phi) is 6.86. The summed E-state index contributed by atoms with van der Waals surface area (Å²) >= 11 is 0. The third-order valence-electron chi connectivity index (χ3n) is 7.93. The van der Waals surface area contributed by atoms with E-state index in [9.17, 15) is 19.2 Å². The van der Waals surface area contributed by atoms with Crippen molar-refractivity contribution in [2.24, 2.45) is 11.8 Å². The number of amides is 3. The number of anilines is 2. The molecule has 1 saturated heterocycles. The molecule has 0 unspecified atom stereocenters. The normalized spacial score (nSPS) is 20.3. The third kappa shape index (κ3) is 4.86. The fourth-order valence-electron chi connectivity index (χ4n) is 5.97. The highest BCUT2D eigenvalue weighted by Gasteiger charge is 2.50. The molecule has 40 heavy (non-hydrogen) atoms. The number of fused-ring (bicyclic) bond motifs is 2. The second kappa shape index (κ2) is 10.8. The van der Waals surface area contributed by atoms with Crippen molar-refractivity contribution in [1.29, 1.82) is 0 Å². The number of hydrogen-bond acceptors (Lipinski definition) is 5. The van der Waals surface area contributed by atoms with Crippen molar-refractivity contribution in [3.8, 4) is 0 Å². The quantitative estimate of drug-likeness (QED) is 0.254. The molecular weight excluding hydrogens is 504 g/mol. The summed E-state index contributed by atoms with van der Waals surface area (Å²) in [7, 11) is 0. The first-order valence-electron chi connectivity index (χ1n) is 13.5. The number of carbonyl (C=O) groups is 4. The molecule has 1 N–H and O–H groups in total. The van der Waals surface area contributed by atoms with Gasteiger partial charge in [-0.1, -0.05) is 72.8 Å². The van der Waals surface area contributed by atoms with Gasteiger partial charge in [-0.15, -0.1) is 0 Å². The maximum absolute atomic E-state index is 13.4. The largest absolute Gasteiger partial charge is 0.452 e. The summed E-state index contributed by atoms with van der Waals surface area (Å²) in [5.74, 6) is -2.11. The topological polar surface area (TPSA) is 92.8 Å². The molecule has 6 rings (SSSR count). The molecule has 3 atom stereocenters. The number of esters is 1. The minimum absolute atomic E-state index is 0.160. The number of imide groups is 1. The van der Waals surface area contributed by atoms with Crippen molar-refractivity contribution >= 4 is 45.8 Å². The SMILES string of the molecule is O=C(COC(=O)c1cccc(N2C(=O)[C@@H]3CC[C@H](c4ccccc4)C[C@H]3C2=O)c1)Nc1cccc2ccccc12. The van der Waals surface area contributed by atoms with E-state index in [0.29, 0.717) is 24.2 Å². The van der Waals surface area contributed by atoms with Crippen LogP contribution in [-0.4, -0.2) is 30.3 Å². The van der Waals surface area contributed by atoms with Gasteiger partial charge >= 0.3 is 5.97 Å². The molecule has 0 bridgehead atoms. The zero-order chi connectivity index (χ0) is 27.6. The van der Waals surface area contributed by atoms with Crippen LogP contribution < -0.4 is 10.2 Å². The Balaban J connectivity index is 1.12. The minimum atomic E-state index is -0.712. The van der Waals surface area contributed by atoms with E-state index in [1.807, 2.05) is 54.6 Å². The summed E-state index contributed by atoms with van der Waals surface area (Å²) in [6, 6.07) is 29.6. The summed E-state index contributed by atoms with van der Waals surface area (Å²) in [5, 5.41) is 4.65. The molecule has 1 heterocycles. The maximum Gasteiger partial charge on any atom is 0.338 e. The van der Waals surface area contributed by atoms with E-state index < -0.39 is 18.5 Å². The number of rotatable bonds is 6. The molecule has 3 amide bonds. The monoisotopic (exact) mass is 532 g/mol. The van der Waals surface area contributed by atoms with Gasteiger partial charge in [0, 0.05) is 11.1 Å². The molecule has 7 heteroatoms. The second-order valence-electron chi connectivity index (χ2n) is 10.3. The minimum Gasteiger partial charge on any atom is -0.452 e. The van der Waals surface area contributed by atoms with Crippen LogP contribution in [0.4, 0.5) is 11.4 Å². The van der Waals surface area contributed by atoms with Crippen LogP contribution in [0.1, 0.15) is 41.1 Å². The second-order valence-corrected chi connectivity index (χ2v) is 10.3. The summed E-state index contributed by atoms with van der Waals surface area (Å²) < 4.78 is 5.26. The molecule has 4 aromatic carbocycles. The predicted molar refractivity (Wildman–Crippen MR) is 152 cm³/mol. The third-order valence-corrected chi connectivity index (χ3v) is 7.93. The lowest BCUT2D eigenvalue weighted by molar-refractivity contribution is -0.122. The van der Waals surface area contributed by atoms with Crippen LogP contribution >= 0.6 is 0 Å². The van der Waals surface area contributed by atoms with Crippen molar-refractivity contribution in [1.82, 2.24) is 0 Å². The van der Waals surface area contributed by atoms with Gasteiger partial charge in [0.05, 0.1) is 23.1 Å². The molecule has 1 aliphatic heterocycles. The molecule has 2 fully saturated rings. The molecule has 0 radical (unpaired) electrons. The molecule has 200 valence electrons. The van der Waals surface area contributed by atoms with Crippen LogP contribution in [0, 0.1) is 11.8 Å². The molecule has 7 nitrogen and oxygen atoms in total. The van der Waals surface area contributed by atoms with Gasteiger partial charge in [0.2, 0.25) is 11.8 Å². The van der Waals surface area contributed by atoms with Crippen LogP contribution in [0.3, 0.4) is 0 Å². The van der Waals surface area contributed by atoms with Crippen molar-refractivity contribution in [3.05, 3.63) is 108 Å². The van der Waals surface area contributed by atoms with Gasteiger partial charge in [-0.05, 0) is 60.4 Å². The Labute approximate surface area is 231 Å². The summed E-state index contributed by atoms with van der Waals surface area (Å²) in [4.78, 5) is 53.3. The molecule has 1 saturated carbocycles. The number of ether oxygens (including phenoxy) is 1.